The lowest BCUT2D eigenvalue weighted by Gasteiger charge is -2.24. The van der Waals surface area contributed by atoms with E-state index in [4.69, 9.17) is 5.73 Å². The molecule has 0 unspecified atom stereocenters. The second-order valence-electron chi connectivity index (χ2n) is 5.50. The summed E-state index contributed by atoms with van der Waals surface area (Å²) < 4.78 is 0. The van der Waals surface area contributed by atoms with E-state index in [1.54, 1.807) is 0 Å². The van der Waals surface area contributed by atoms with Crippen molar-refractivity contribution in [3.63, 3.8) is 0 Å². The number of hydrogen-bond donors (Lipinski definition) is 2. The molecule has 0 spiro atoms. The Morgan fingerprint density at radius 2 is 1.94 bits per heavy atom. The van der Waals surface area contributed by atoms with Crippen LogP contribution in [0.3, 0.4) is 0 Å². The summed E-state index contributed by atoms with van der Waals surface area (Å²) in [7, 11) is 0. The molecule has 0 saturated heterocycles. The fraction of sp³-hybridized carbons (Fsp3) is 0.533. The standard InChI is InChI=1S/C15H24N2O/c1-15(2,9-6-10-16)12-17-14(18)11-13-7-4-3-5-8-13/h3-5,7-8H,6,9-12,16H2,1-2H3,(H,17,18). The van der Waals surface area contributed by atoms with E-state index in [1.165, 1.54) is 0 Å². The molecule has 18 heavy (non-hydrogen) atoms. The fourth-order valence-corrected chi connectivity index (χ4v) is 1.85. The summed E-state index contributed by atoms with van der Waals surface area (Å²) in [6.07, 6.45) is 2.49. The second-order valence-corrected chi connectivity index (χ2v) is 5.50. The Bertz CT molecular complexity index is 360. The zero-order valence-corrected chi connectivity index (χ0v) is 11.4. The number of carbonyl (C=O) groups is 1. The van der Waals surface area contributed by atoms with Crippen LogP contribution in [0.25, 0.3) is 0 Å². The van der Waals surface area contributed by atoms with Crippen molar-refractivity contribution in [2.75, 3.05) is 13.1 Å². The Morgan fingerprint density at radius 3 is 2.56 bits per heavy atom. The van der Waals surface area contributed by atoms with Crippen LogP contribution in [0.5, 0.6) is 0 Å². The quantitative estimate of drug-likeness (QED) is 0.776. The Balaban J connectivity index is 2.33. The van der Waals surface area contributed by atoms with Gasteiger partial charge in [-0.1, -0.05) is 44.2 Å². The molecule has 0 heterocycles. The zero-order valence-electron chi connectivity index (χ0n) is 11.4. The maximum atomic E-state index is 11.8. The summed E-state index contributed by atoms with van der Waals surface area (Å²) in [4.78, 5) is 11.8. The molecule has 1 rings (SSSR count). The van der Waals surface area contributed by atoms with Crippen LogP contribution in [0.4, 0.5) is 0 Å². The first kappa shape index (κ1) is 14.7. The Labute approximate surface area is 110 Å². The van der Waals surface area contributed by atoms with Gasteiger partial charge < -0.3 is 11.1 Å². The normalized spacial score (nSPS) is 11.3. The van der Waals surface area contributed by atoms with Gasteiger partial charge in [-0.05, 0) is 30.4 Å². The molecule has 3 heteroatoms. The van der Waals surface area contributed by atoms with Crippen LogP contribution in [-0.2, 0) is 11.2 Å². The molecule has 0 saturated carbocycles. The first-order chi connectivity index (χ1) is 8.53. The topological polar surface area (TPSA) is 55.1 Å². The molecule has 1 aromatic rings. The third-order valence-corrected chi connectivity index (χ3v) is 3.03. The SMILES string of the molecule is CC(C)(CCCN)CNC(=O)Cc1ccccc1. The van der Waals surface area contributed by atoms with E-state index < -0.39 is 0 Å². The van der Waals surface area contributed by atoms with Crippen molar-refractivity contribution >= 4 is 5.91 Å². The highest BCUT2D eigenvalue weighted by molar-refractivity contribution is 5.78. The maximum Gasteiger partial charge on any atom is 0.224 e. The summed E-state index contributed by atoms with van der Waals surface area (Å²) in [6, 6.07) is 9.80. The van der Waals surface area contributed by atoms with Crippen LogP contribution >= 0.6 is 0 Å². The molecule has 3 N–H and O–H groups in total. The molecule has 0 atom stereocenters. The highest BCUT2D eigenvalue weighted by atomic mass is 16.1. The molecule has 3 nitrogen and oxygen atoms in total. The Morgan fingerprint density at radius 1 is 1.28 bits per heavy atom. The van der Waals surface area contributed by atoms with Crippen LogP contribution in [-0.4, -0.2) is 19.0 Å². The zero-order chi connectivity index (χ0) is 13.4. The van der Waals surface area contributed by atoms with Crippen molar-refractivity contribution in [3.8, 4) is 0 Å². The summed E-state index contributed by atoms with van der Waals surface area (Å²) >= 11 is 0. The number of hydrogen-bond acceptors (Lipinski definition) is 2. The second kappa shape index (κ2) is 7.17. The van der Waals surface area contributed by atoms with Crippen LogP contribution < -0.4 is 11.1 Å². The molecule has 1 aromatic carbocycles. The van der Waals surface area contributed by atoms with Gasteiger partial charge in [-0.15, -0.1) is 0 Å². The Kier molecular flexibility index (Phi) is 5.86. The average Bonchev–Trinajstić information content (AvgIpc) is 2.36. The number of rotatable bonds is 7. The van der Waals surface area contributed by atoms with Gasteiger partial charge in [-0.2, -0.15) is 0 Å². The highest BCUT2D eigenvalue weighted by Crippen LogP contribution is 2.20. The third-order valence-electron chi connectivity index (χ3n) is 3.03. The minimum absolute atomic E-state index is 0.0852. The molecule has 0 aromatic heterocycles. The Hall–Kier alpha value is -1.35. The van der Waals surface area contributed by atoms with Gasteiger partial charge in [0.25, 0.3) is 0 Å². The van der Waals surface area contributed by atoms with Crippen LogP contribution in [0.15, 0.2) is 30.3 Å². The lowest BCUT2D eigenvalue weighted by molar-refractivity contribution is -0.120. The summed E-state index contributed by atoms with van der Waals surface area (Å²) in [5.74, 6) is 0.0852. The minimum Gasteiger partial charge on any atom is -0.355 e. The molecule has 0 aliphatic carbocycles. The number of benzene rings is 1. The van der Waals surface area contributed by atoms with E-state index in [9.17, 15) is 4.79 Å². The molecule has 1 amide bonds. The van der Waals surface area contributed by atoms with Crippen molar-refractivity contribution in [1.82, 2.24) is 5.32 Å². The predicted octanol–water partition coefficient (Wildman–Crippen LogP) is 2.11. The van der Waals surface area contributed by atoms with E-state index in [2.05, 4.69) is 19.2 Å². The van der Waals surface area contributed by atoms with Gasteiger partial charge in [0.15, 0.2) is 0 Å². The first-order valence-electron chi connectivity index (χ1n) is 6.54. The average molecular weight is 248 g/mol. The number of amides is 1. The fourth-order valence-electron chi connectivity index (χ4n) is 1.85. The van der Waals surface area contributed by atoms with E-state index in [-0.39, 0.29) is 11.3 Å². The van der Waals surface area contributed by atoms with Crippen molar-refractivity contribution in [2.24, 2.45) is 11.1 Å². The van der Waals surface area contributed by atoms with Crippen LogP contribution in [0, 0.1) is 5.41 Å². The largest absolute Gasteiger partial charge is 0.355 e. The minimum atomic E-state index is 0.0852. The lowest BCUT2D eigenvalue weighted by Crippen LogP contribution is -2.35. The first-order valence-corrected chi connectivity index (χ1v) is 6.54. The number of nitrogens with one attached hydrogen (secondary N) is 1. The lowest BCUT2D eigenvalue weighted by atomic mass is 9.87. The highest BCUT2D eigenvalue weighted by Gasteiger charge is 2.18. The van der Waals surface area contributed by atoms with Gasteiger partial charge in [0, 0.05) is 6.54 Å². The van der Waals surface area contributed by atoms with Gasteiger partial charge in [-0.25, -0.2) is 0 Å². The molecule has 0 aliphatic rings. The van der Waals surface area contributed by atoms with E-state index in [1.807, 2.05) is 30.3 Å². The summed E-state index contributed by atoms with van der Waals surface area (Å²) in [6.45, 7) is 5.73. The molecule has 100 valence electrons. The van der Waals surface area contributed by atoms with Crippen molar-refractivity contribution in [1.29, 1.82) is 0 Å². The number of nitrogens with two attached hydrogens (primary N) is 1. The van der Waals surface area contributed by atoms with Gasteiger partial charge >= 0.3 is 0 Å². The van der Waals surface area contributed by atoms with Gasteiger partial charge in [0.1, 0.15) is 0 Å². The van der Waals surface area contributed by atoms with E-state index in [0.717, 1.165) is 18.4 Å². The van der Waals surface area contributed by atoms with E-state index >= 15 is 0 Å². The summed E-state index contributed by atoms with van der Waals surface area (Å²) in [5, 5.41) is 3.00. The molecule has 0 bridgehead atoms. The third kappa shape index (κ3) is 5.82. The van der Waals surface area contributed by atoms with Gasteiger partial charge in [0.05, 0.1) is 6.42 Å². The van der Waals surface area contributed by atoms with E-state index in [0.29, 0.717) is 19.5 Å². The number of carbonyl (C=O) groups excluding carboxylic acids is 1. The van der Waals surface area contributed by atoms with Gasteiger partial charge in [0.2, 0.25) is 5.91 Å². The summed E-state index contributed by atoms with van der Waals surface area (Å²) in [5.41, 5.74) is 6.67. The molecular formula is C15H24N2O. The molecule has 0 aliphatic heterocycles. The molecular weight excluding hydrogens is 224 g/mol. The smallest absolute Gasteiger partial charge is 0.224 e. The monoisotopic (exact) mass is 248 g/mol. The van der Waals surface area contributed by atoms with Gasteiger partial charge in [-0.3, -0.25) is 4.79 Å². The predicted molar refractivity (Wildman–Crippen MR) is 75.2 cm³/mol. The van der Waals surface area contributed by atoms with Crippen LogP contribution in [0.1, 0.15) is 32.3 Å². The molecule has 0 radical (unpaired) electrons. The van der Waals surface area contributed by atoms with Crippen molar-refractivity contribution in [3.05, 3.63) is 35.9 Å². The van der Waals surface area contributed by atoms with Crippen molar-refractivity contribution < 1.29 is 4.79 Å². The van der Waals surface area contributed by atoms with Crippen LogP contribution in [0.2, 0.25) is 0 Å². The maximum absolute atomic E-state index is 11.8. The van der Waals surface area contributed by atoms with Crippen molar-refractivity contribution in [2.45, 2.75) is 33.1 Å². The molecule has 0 fully saturated rings.